The number of sulfone groups is 1. The maximum absolute atomic E-state index is 12.3. The van der Waals surface area contributed by atoms with Crippen molar-refractivity contribution in [3.8, 4) is 0 Å². The molecule has 0 spiro atoms. The highest BCUT2D eigenvalue weighted by Crippen LogP contribution is 2.23. The van der Waals surface area contributed by atoms with Gasteiger partial charge in [0.05, 0.1) is 16.8 Å². The van der Waals surface area contributed by atoms with Crippen LogP contribution in [0.1, 0.15) is 25.7 Å². The number of nitrogens with zero attached hydrogens (tertiary/aromatic N) is 1. The molecule has 2 atom stereocenters. The Morgan fingerprint density at radius 3 is 2.48 bits per heavy atom. The number of hydrogen-bond acceptors (Lipinski definition) is 4. The predicted octanol–water partition coefficient (Wildman–Crippen LogP) is 2.35. The van der Waals surface area contributed by atoms with Gasteiger partial charge in [0.1, 0.15) is 0 Å². The van der Waals surface area contributed by atoms with Crippen LogP contribution in [0.4, 0.5) is 0 Å². The fraction of sp³-hybridized carbons (Fsp3) is 0.600. The van der Waals surface area contributed by atoms with E-state index in [-0.39, 0.29) is 17.9 Å². The van der Waals surface area contributed by atoms with Gasteiger partial charge >= 0.3 is 0 Å². The van der Waals surface area contributed by atoms with Crippen molar-refractivity contribution in [2.75, 3.05) is 19.3 Å². The molecular formula is C15H22ClNO3S. The third-order valence-corrected chi connectivity index (χ3v) is 6.11. The molecule has 1 aliphatic rings. The minimum atomic E-state index is -3.31. The van der Waals surface area contributed by atoms with E-state index in [1.54, 1.807) is 12.1 Å². The molecule has 1 fully saturated rings. The van der Waals surface area contributed by atoms with E-state index in [1.165, 1.54) is 12.1 Å². The number of hydrogen-bond donors (Lipinski definition) is 1. The van der Waals surface area contributed by atoms with E-state index in [0.29, 0.717) is 16.5 Å². The van der Waals surface area contributed by atoms with E-state index < -0.39 is 9.84 Å². The Hall–Kier alpha value is -0.620. The lowest BCUT2D eigenvalue weighted by molar-refractivity contribution is 0.0349. The molecule has 1 aromatic carbocycles. The normalized spacial score (nSPS) is 23.4. The van der Waals surface area contributed by atoms with Crippen molar-refractivity contribution in [3.05, 3.63) is 29.3 Å². The largest absolute Gasteiger partial charge is 0.391 e. The van der Waals surface area contributed by atoms with Crippen LogP contribution in [0.2, 0.25) is 5.02 Å². The van der Waals surface area contributed by atoms with Gasteiger partial charge in [-0.2, -0.15) is 0 Å². The van der Waals surface area contributed by atoms with Crippen LogP contribution < -0.4 is 0 Å². The lowest BCUT2D eigenvalue weighted by Crippen LogP contribution is -2.45. The molecule has 21 heavy (non-hydrogen) atoms. The molecule has 2 unspecified atom stereocenters. The number of benzene rings is 1. The zero-order chi connectivity index (χ0) is 15.5. The molecule has 0 saturated heterocycles. The van der Waals surface area contributed by atoms with Crippen molar-refractivity contribution in [1.82, 2.24) is 4.90 Å². The number of aliphatic hydroxyl groups excluding tert-OH is 1. The molecule has 4 nitrogen and oxygen atoms in total. The highest BCUT2D eigenvalue weighted by atomic mass is 35.5. The number of rotatable bonds is 5. The Labute approximate surface area is 131 Å². The summed E-state index contributed by atoms with van der Waals surface area (Å²) in [5.74, 6) is 0.0500. The lowest BCUT2D eigenvalue weighted by Gasteiger charge is -2.35. The molecule has 118 valence electrons. The fourth-order valence-electron chi connectivity index (χ4n) is 2.80. The molecule has 1 aromatic rings. The summed E-state index contributed by atoms with van der Waals surface area (Å²) >= 11 is 5.78. The standard InChI is InChI=1S/C15H22ClNO3S/c1-17(14-4-2-3-5-15(14)18)10-11-21(19,20)13-8-6-12(16)7-9-13/h6-9,14-15,18H,2-5,10-11H2,1H3. The molecule has 0 amide bonds. The lowest BCUT2D eigenvalue weighted by atomic mass is 9.92. The highest BCUT2D eigenvalue weighted by Gasteiger charge is 2.27. The van der Waals surface area contributed by atoms with Crippen molar-refractivity contribution in [2.24, 2.45) is 0 Å². The Bertz CT molecular complexity index is 559. The van der Waals surface area contributed by atoms with Crippen LogP contribution in [0.3, 0.4) is 0 Å². The van der Waals surface area contributed by atoms with Crippen LogP contribution in [-0.2, 0) is 9.84 Å². The summed E-state index contributed by atoms with van der Waals surface area (Å²) < 4.78 is 24.6. The summed E-state index contributed by atoms with van der Waals surface area (Å²) in [4.78, 5) is 2.27. The second kappa shape index (κ2) is 7.09. The quantitative estimate of drug-likeness (QED) is 0.899. The molecule has 2 rings (SSSR count). The van der Waals surface area contributed by atoms with E-state index in [0.717, 1.165) is 25.7 Å². The Morgan fingerprint density at radius 1 is 1.24 bits per heavy atom. The van der Waals surface area contributed by atoms with Gasteiger partial charge in [0, 0.05) is 17.6 Å². The van der Waals surface area contributed by atoms with E-state index >= 15 is 0 Å². The van der Waals surface area contributed by atoms with Crippen molar-refractivity contribution in [3.63, 3.8) is 0 Å². The van der Waals surface area contributed by atoms with Gasteiger partial charge in [-0.3, -0.25) is 4.90 Å². The smallest absolute Gasteiger partial charge is 0.179 e. The second-order valence-corrected chi connectivity index (χ2v) is 8.22. The number of halogens is 1. The molecule has 0 heterocycles. The topological polar surface area (TPSA) is 57.6 Å². The number of aliphatic hydroxyl groups is 1. The summed E-state index contributed by atoms with van der Waals surface area (Å²) in [5.41, 5.74) is 0. The van der Waals surface area contributed by atoms with Crippen molar-refractivity contribution in [2.45, 2.75) is 42.7 Å². The minimum Gasteiger partial charge on any atom is -0.391 e. The molecule has 0 radical (unpaired) electrons. The maximum atomic E-state index is 12.3. The van der Waals surface area contributed by atoms with Gasteiger partial charge in [0.15, 0.2) is 9.84 Å². The highest BCUT2D eigenvalue weighted by molar-refractivity contribution is 7.91. The molecule has 1 aliphatic carbocycles. The molecule has 1 saturated carbocycles. The van der Waals surface area contributed by atoms with E-state index in [9.17, 15) is 13.5 Å². The molecule has 1 N–H and O–H groups in total. The second-order valence-electron chi connectivity index (χ2n) is 5.67. The Morgan fingerprint density at radius 2 is 1.86 bits per heavy atom. The van der Waals surface area contributed by atoms with Crippen molar-refractivity contribution >= 4 is 21.4 Å². The first-order chi connectivity index (χ1) is 9.90. The average molecular weight is 332 g/mol. The van der Waals surface area contributed by atoms with Crippen LogP contribution in [-0.4, -0.2) is 49.9 Å². The summed E-state index contributed by atoms with van der Waals surface area (Å²) in [5, 5.41) is 10.5. The van der Waals surface area contributed by atoms with Gasteiger partial charge < -0.3 is 5.11 Å². The molecular weight excluding hydrogens is 310 g/mol. The zero-order valence-corrected chi connectivity index (χ0v) is 13.8. The molecule has 0 bridgehead atoms. The zero-order valence-electron chi connectivity index (χ0n) is 12.2. The van der Waals surface area contributed by atoms with Gasteiger partial charge in [0.2, 0.25) is 0 Å². The first kappa shape index (κ1) is 16.7. The number of likely N-dealkylation sites (N-methyl/N-ethyl adjacent to an activating group) is 1. The van der Waals surface area contributed by atoms with Crippen LogP contribution in [0.25, 0.3) is 0 Å². The summed E-state index contributed by atoms with van der Waals surface area (Å²) in [7, 11) is -1.42. The first-order valence-electron chi connectivity index (χ1n) is 7.27. The average Bonchev–Trinajstić information content (AvgIpc) is 2.46. The van der Waals surface area contributed by atoms with Gasteiger partial charge in [-0.05, 0) is 44.2 Å². The summed E-state index contributed by atoms with van der Waals surface area (Å²) in [6.45, 7) is 0.423. The van der Waals surface area contributed by atoms with Crippen LogP contribution >= 0.6 is 11.6 Å². The third kappa shape index (κ3) is 4.42. The fourth-order valence-corrected chi connectivity index (χ4v) is 4.24. The monoisotopic (exact) mass is 331 g/mol. The van der Waals surface area contributed by atoms with Gasteiger partial charge in [-0.15, -0.1) is 0 Å². The molecule has 0 aliphatic heterocycles. The summed E-state index contributed by atoms with van der Waals surface area (Å²) in [6.07, 6.45) is 3.53. The Kier molecular flexibility index (Phi) is 5.66. The van der Waals surface area contributed by atoms with Gasteiger partial charge in [-0.1, -0.05) is 24.4 Å². The van der Waals surface area contributed by atoms with Gasteiger partial charge in [-0.25, -0.2) is 8.42 Å². The van der Waals surface area contributed by atoms with Crippen molar-refractivity contribution in [1.29, 1.82) is 0 Å². The van der Waals surface area contributed by atoms with Crippen LogP contribution in [0, 0.1) is 0 Å². The maximum Gasteiger partial charge on any atom is 0.179 e. The van der Waals surface area contributed by atoms with E-state index in [4.69, 9.17) is 11.6 Å². The predicted molar refractivity (Wildman–Crippen MR) is 84.4 cm³/mol. The third-order valence-electron chi connectivity index (χ3n) is 4.15. The van der Waals surface area contributed by atoms with E-state index in [2.05, 4.69) is 0 Å². The van der Waals surface area contributed by atoms with Crippen molar-refractivity contribution < 1.29 is 13.5 Å². The van der Waals surface area contributed by atoms with Crippen LogP contribution in [0.15, 0.2) is 29.2 Å². The molecule has 6 heteroatoms. The minimum absolute atomic E-state index is 0.0500. The molecule has 0 aromatic heterocycles. The SMILES string of the molecule is CN(CCS(=O)(=O)c1ccc(Cl)cc1)C1CCCCC1O. The van der Waals surface area contributed by atoms with Crippen LogP contribution in [0.5, 0.6) is 0 Å². The van der Waals surface area contributed by atoms with Gasteiger partial charge in [0.25, 0.3) is 0 Å². The Balaban J connectivity index is 1.96. The van der Waals surface area contributed by atoms with E-state index in [1.807, 2.05) is 11.9 Å². The summed E-state index contributed by atoms with van der Waals surface area (Å²) in [6, 6.07) is 6.31. The first-order valence-corrected chi connectivity index (χ1v) is 9.30.